The van der Waals surface area contributed by atoms with Gasteiger partial charge in [0, 0.05) is 30.9 Å². The van der Waals surface area contributed by atoms with E-state index in [4.69, 9.17) is 9.47 Å². The van der Waals surface area contributed by atoms with Gasteiger partial charge < -0.3 is 14.8 Å². The molecule has 0 atom stereocenters. The number of aromatic nitrogens is 1. The van der Waals surface area contributed by atoms with Crippen LogP contribution >= 0.6 is 0 Å². The van der Waals surface area contributed by atoms with Crippen LogP contribution in [0, 0.1) is 0 Å². The van der Waals surface area contributed by atoms with Crippen LogP contribution in [0.3, 0.4) is 0 Å². The van der Waals surface area contributed by atoms with Crippen molar-refractivity contribution in [1.29, 1.82) is 0 Å². The van der Waals surface area contributed by atoms with E-state index in [1.54, 1.807) is 19.5 Å². The van der Waals surface area contributed by atoms with E-state index in [0.717, 1.165) is 30.0 Å². The summed E-state index contributed by atoms with van der Waals surface area (Å²) in [5, 5.41) is 3.14. The van der Waals surface area contributed by atoms with E-state index in [1.165, 1.54) is 5.56 Å². The second kappa shape index (κ2) is 7.50. The number of methoxy groups -OCH3 is 1. The molecule has 2 aromatic rings. The molecule has 0 aliphatic rings. The molecule has 1 N–H and O–H groups in total. The zero-order chi connectivity index (χ0) is 14.2. The molecule has 0 spiro atoms. The van der Waals surface area contributed by atoms with Gasteiger partial charge in [-0.25, -0.2) is 0 Å². The molecule has 1 aromatic heterocycles. The Kier molecular flexibility index (Phi) is 5.38. The Balaban J connectivity index is 2.04. The Bertz CT molecular complexity index is 529. The van der Waals surface area contributed by atoms with Gasteiger partial charge in [0.2, 0.25) is 0 Å². The largest absolute Gasteiger partial charge is 0.493 e. The van der Waals surface area contributed by atoms with Crippen molar-refractivity contribution in [2.75, 3.05) is 20.8 Å². The summed E-state index contributed by atoms with van der Waals surface area (Å²) in [4.78, 5) is 4.01. The number of para-hydroxylation sites is 1. The van der Waals surface area contributed by atoms with Crippen molar-refractivity contribution in [1.82, 2.24) is 10.3 Å². The number of hydrogen-bond donors (Lipinski definition) is 1. The number of hydrogen-bond acceptors (Lipinski definition) is 4. The SMILES string of the molecule is CNCc1cccc(OC)c1OCCc1ccncc1. The maximum Gasteiger partial charge on any atom is 0.165 e. The molecule has 106 valence electrons. The molecule has 0 unspecified atom stereocenters. The summed E-state index contributed by atoms with van der Waals surface area (Å²) in [7, 11) is 3.58. The van der Waals surface area contributed by atoms with Crippen molar-refractivity contribution in [2.24, 2.45) is 0 Å². The quantitative estimate of drug-likeness (QED) is 0.840. The van der Waals surface area contributed by atoms with Gasteiger partial charge in [-0.15, -0.1) is 0 Å². The average molecular weight is 272 g/mol. The minimum Gasteiger partial charge on any atom is -0.493 e. The first-order valence-electron chi connectivity index (χ1n) is 6.67. The Labute approximate surface area is 119 Å². The molecule has 2 rings (SSSR count). The third-order valence-electron chi connectivity index (χ3n) is 3.03. The van der Waals surface area contributed by atoms with Gasteiger partial charge in [0.05, 0.1) is 13.7 Å². The highest BCUT2D eigenvalue weighted by molar-refractivity contribution is 5.46. The number of nitrogens with zero attached hydrogens (tertiary/aromatic N) is 1. The van der Waals surface area contributed by atoms with Gasteiger partial charge in [-0.2, -0.15) is 0 Å². The molecule has 0 saturated heterocycles. The molecular weight excluding hydrogens is 252 g/mol. The summed E-state index contributed by atoms with van der Waals surface area (Å²) in [6, 6.07) is 9.93. The molecule has 4 heteroatoms. The topological polar surface area (TPSA) is 43.4 Å². The fourth-order valence-corrected chi connectivity index (χ4v) is 2.04. The Morgan fingerprint density at radius 3 is 2.65 bits per heavy atom. The summed E-state index contributed by atoms with van der Waals surface area (Å²) in [6.45, 7) is 1.36. The molecule has 4 nitrogen and oxygen atoms in total. The monoisotopic (exact) mass is 272 g/mol. The fourth-order valence-electron chi connectivity index (χ4n) is 2.04. The van der Waals surface area contributed by atoms with Crippen LogP contribution in [-0.2, 0) is 13.0 Å². The standard InChI is InChI=1S/C16H20N2O2/c1-17-12-14-4-3-5-15(19-2)16(14)20-11-8-13-6-9-18-10-7-13/h3-7,9-10,17H,8,11-12H2,1-2H3. The smallest absolute Gasteiger partial charge is 0.165 e. The highest BCUT2D eigenvalue weighted by Gasteiger charge is 2.09. The summed E-state index contributed by atoms with van der Waals surface area (Å²) in [6.07, 6.45) is 4.44. The molecule has 0 aliphatic heterocycles. The maximum atomic E-state index is 5.93. The van der Waals surface area contributed by atoms with Crippen LogP contribution in [0.1, 0.15) is 11.1 Å². The normalized spacial score (nSPS) is 10.3. The minimum absolute atomic E-state index is 0.612. The highest BCUT2D eigenvalue weighted by atomic mass is 16.5. The molecule has 0 radical (unpaired) electrons. The predicted molar refractivity (Wildman–Crippen MR) is 79.2 cm³/mol. The van der Waals surface area contributed by atoms with Crippen LogP contribution in [0.25, 0.3) is 0 Å². The molecule has 20 heavy (non-hydrogen) atoms. The number of ether oxygens (including phenoxy) is 2. The minimum atomic E-state index is 0.612. The van der Waals surface area contributed by atoms with Crippen molar-refractivity contribution in [3.05, 3.63) is 53.9 Å². The van der Waals surface area contributed by atoms with Crippen molar-refractivity contribution >= 4 is 0 Å². The predicted octanol–water partition coefficient (Wildman–Crippen LogP) is 2.43. The zero-order valence-corrected chi connectivity index (χ0v) is 11.9. The van der Waals surface area contributed by atoms with Gasteiger partial charge in [-0.3, -0.25) is 4.98 Å². The lowest BCUT2D eigenvalue weighted by molar-refractivity contribution is 0.294. The molecule has 0 bridgehead atoms. The lowest BCUT2D eigenvalue weighted by Crippen LogP contribution is -2.10. The van der Waals surface area contributed by atoms with Gasteiger partial charge in [0.15, 0.2) is 11.5 Å². The van der Waals surface area contributed by atoms with Crippen LogP contribution in [0.5, 0.6) is 11.5 Å². The number of benzene rings is 1. The molecule has 0 fully saturated rings. The lowest BCUT2D eigenvalue weighted by Gasteiger charge is -2.15. The van der Waals surface area contributed by atoms with Crippen molar-refractivity contribution < 1.29 is 9.47 Å². The zero-order valence-electron chi connectivity index (χ0n) is 11.9. The number of rotatable bonds is 7. The van der Waals surface area contributed by atoms with E-state index in [2.05, 4.69) is 10.3 Å². The highest BCUT2D eigenvalue weighted by Crippen LogP contribution is 2.31. The van der Waals surface area contributed by atoms with E-state index >= 15 is 0 Å². The van der Waals surface area contributed by atoms with Crippen LogP contribution in [0.15, 0.2) is 42.7 Å². The summed E-state index contributed by atoms with van der Waals surface area (Å²) < 4.78 is 11.3. The Morgan fingerprint density at radius 1 is 1.15 bits per heavy atom. The van der Waals surface area contributed by atoms with E-state index in [-0.39, 0.29) is 0 Å². The maximum absolute atomic E-state index is 5.93. The van der Waals surface area contributed by atoms with Gasteiger partial charge >= 0.3 is 0 Å². The average Bonchev–Trinajstić information content (AvgIpc) is 2.50. The van der Waals surface area contributed by atoms with E-state index in [0.29, 0.717) is 6.61 Å². The van der Waals surface area contributed by atoms with Gasteiger partial charge in [-0.1, -0.05) is 12.1 Å². The Morgan fingerprint density at radius 2 is 1.95 bits per heavy atom. The van der Waals surface area contributed by atoms with Gasteiger partial charge in [0.25, 0.3) is 0 Å². The van der Waals surface area contributed by atoms with Crippen LogP contribution in [0.4, 0.5) is 0 Å². The van der Waals surface area contributed by atoms with Crippen molar-refractivity contribution in [3.63, 3.8) is 0 Å². The van der Waals surface area contributed by atoms with Crippen LogP contribution in [-0.4, -0.2) is 25.7 Å². The van der Waals surface area contributed by atoms with Crippen LogP contribution in [0.2, 0.25) is 0 Å². The molecule has 1 aromatic carbocycles. The fraction of sp³-hybridized carbons (Fsp3) is 0.312. The van der Waals surface area contributed by atoms with Crippen molar-refractivity contribution in [2.45, 2.75) is 13.0 Å². The van der Waals surface area contributed by atoms with Gasteiger partial charge in [-0.05, 0) is 30.8 Å². The number of pyridine rings is 1. The van der Waals surface area contributed by atoms with E-state index < -0.39 is 0 Å². The third-order valence-corrected chi connectivity index (χ3v) is 3.03. The van der Waals surface area contributed by atoms with Crippen LogP contribution < -0.4 is 14.8 Å². The summed E-state index contributed by atoms with van der Waals surface area (Å²) in [5.74, 6) is 1.59. The summed E-state index contributed by atoms with van der Waals surface area (Å²) in [5.41, 5.74) is 2.31. The molecule has 1 heterocycles. The van der Waals surface area contributed by atoms with E-state index in [9.17, 15) is 0 Å². The molecule has 0 aliphatic carbocycles. The number of nitrogens with one attached hydrogen (secondary N) is 1. The third kappa shape index (κ3) is 3.71. The van der Waals surface area contributed by atoms with E-state index in [1.807, 2.05) is 37.4 Å². The molecule has 0 saturated carbocycles. The first-order valence-corrected chi connectivity index (χ1v) is 6.67. The summed E-state index contributed by atoms with van der Waals surface area (Å²) >= 11 is 0. The second-order valence-corrected chi connectivity index (χ2v) is 4.43. The first-order chi connectivity index (χ1) is 9.85. The molecular formula is C16H20N2O2. The second-order valence-electron chi connectivity index (χ2n) is 4.43. The lowest BCUT2D eigenvalue weighted by atomic mass is 10.1. The van der Waals surface area contributed by atoms with Gasteiger partial charge in [0.1, 0.15) is 0 Å². The Hall–Kier alpha value is -2.07. The van der Waals surface area contributed by atoms with Crippen molar-refractivity contribution in [3.8, 4) is 11.5 Å². The first kappa shape index (κ1) is 14.3. The molecule has 0 amide bonds.